The minimum atomic E-state index is 0.218. The monoisotopic (exact) mass is 181 g/mol. The standard InChI is InChI=1S/C10H15NO2/c1-3-13-8-9(2)11-6-4-5-10(11)7-12/h4-7,9H,3,8H2,1-2H3. The third-order valence-corrected chi connectivity index (χ3v) is 1.97. The molecule has 0 amide bonds. The van der Waals surface area contributed by atoms with E-state index in [1.165, 1.54) is 0 Å². The summed E-state index contributed by atoms with van der Waals surface area (Å²) >= 11 is 0. The Morgan fingerprint density at radius 3 is 3.08 bits per heavy atom. The van der Waals surface area contributed by atoms with Crippen LogP contribution in [0.4, 0.5) is 0 Å². The Kier molecular flexibility index (Phi) is 3.71. The van der Waals surface area contributed by atoms with Crippen molar-refractivity contribution in [2.45, 2.75) is 19.9 Å². The first-order chi connectivity index (χ1) is 6.29. The van der Waals surface area contributed by atoms with Gasteiger partial charge in [0.2, 0.25) is 0 Å². The van der Waals surface area contributed by atoms with E-state index in [1.54, 1.807) is 6.07 Å². The van der Waals surface area contributed by atoms with E-state index in [0.29, 0.717) is 18.9 Å². The predicted molar refractivity (Wildman–Crippen MR) is 51.0 cm³/mol. The molecule has 0 aliphatic heterocycles. The molecule has 0 aromatic carbocycles. The van der Waals surface area contributed by atoms with Crippen LogP contribution in [-0.4, -0.2) is 24.1 Å². The van der Waals surface area contributed by atoms with Gasteiger partial charge in [0.05, 0.1) is 18.3 Å². The highest BCUT2D eigenvalue weighted by Gasteiger charge is 2.06. The highest BCUT2D eigenvalue weighted by Crippen LogP contribution is 2.10. The fourth-order valence-corrected chi connectivity index (χ4v) is 1.28. The number of rotatable bonds is 5. The molecule has 3 nitrogen and oxygen atoms in total. The molecule has 13 heavy (non-hydrogen) atoms. The minimum Gasteiger partial charge on any atom is -0.380 e. The third kappa shape index (κ3) is 2.42. The lowest BCUT2D eigenvalue weighted by molar-refractivity contribution is 0.108. The van der Waals surface area contributed by atoms with Gasteiger partial charge in [0.15, 0.2) is 6.29 Å². The summed E-state index contributed by atoms with van der Waals surface area (Å²) in [5.74, 6) is 0. The van der Waals surface area contributed by atoms with Crippen LogP contribution in [0.15, 0.2) is 18.3 Å². The summed E-state index contributed by atoms with van der Waals surface area (Å²) in [6, 6.07) is 3.89. The van der Waals surface area contributed by atoms with Crippen LogP contribution < -0.4 is 0 Å². The molecular weight excluding hydrogens is 166 g/mol. The summed E-state index contributed by atoms with van der Waals surface area (Å²) in [6.45, 7) is 5.35. The number of ether oxygens (including phenoxy) is 1. The molecule has 0 spiro atoms. The molecule has 0 radical (unpaired) electrons. The van der Waals surface area contributed by atoms with Crippen molar-refractivity contribution in [1.29, 1.82) is 0 Å². The van der Waals surface area contributed by atoms with E-state index >= 15 is 0 Å². The lowest BCUT2D eigenvalue weighted by Crippen LogP contribution is -2.13. The van der Waals surface area contributed by atoms with Crippen LogP contribution in [0.25, 0.3) is 0 Å². The van der Waals surface area contributed by atoms with Crippen molar-refractivity contribution in [2.24, 2.45) is 0 Å². The van der Waals surface area contributed by atoms with Crippen LogP contribution in [0, 0.1) is 0 Å². The van der Waals surface area contributed by atoms with Gasteiger partial charge >= 0.3 is 0 Å². The molecule has 0 bridgehead atoms. The van der Waals surface area contributed by atoms with Crippen molar-refractivity contribution in [3.63, 3.8) is 0 Å². The summed E-state index contributed by atoms with van der Waals surface area (Å²) in [6.07, 6.45) is 2.76. The molecule has 72 valence electrons. The Labute approximate surface area is 78.3 Å². The maximum Gasteiger partial charge on any atom is 0.166 e. The molecule has 1 rings (SSSR count). The average Bonchev–Trinajstić information content (AvgIpc) is 2.61. The van der Waals surface area contributed by atoms with Gasteiger partial charge in [-0.15, -0.1) is 0 Å². The maximum absolute atomic E-state index is 10.6. The Bertz CT molecular complexity index is 268. The van der Waals surface area contributed by atoms with E-state index in [0.717, 1.165) is 6.29 Å². The summed E-state index contributed by atoms with van der Waals surface area (Å²) in [5, 5.41) is 0. The SMILES string of the molecule is CCOCC(C)n1cccc1C=O. The lowest BCUT2D eigenvalue weighted by Gasteiger charge is -2.14. The molecule has 0 aliphatic carbocycles. The van der Waals surface area contributed by atoms with Gasteiger partial charge in [-0.1, -0.05) is 0 Å². The number of hydrogen-bond donors (Lipinski definition) is 0. The summed E-state index contributed by atoms with van der Waals surface area (Å²) in [7, 11) is 0. The van der Waals surface area contributed by atoms with Crippen molar-refractivity contribution in [2.75, 3.05) is 13.2 Å². The second-order valence-corrected chi connectivity index (χ2v) is 2.97. The zero-order valence-corrected chi connectivity index (χ0v) is 8.06. The highest BCUT2D eigenvalue weighted by molar-refractivity contribution is 5.72. The second kappa shape index (κ2) is 4.82. The normalized spacial score (nSPS) is 12.8. The van der Waals surface area contributed by atoms with Crippen LogP contribution in [0.2, 0.25) is 0 Å². The molecule has 1 unspecified atom stereocenters. The van der Waals surface area contributed by atoms with Gasteiger partial charge in [0.25, 0.3) is 0 Å². The van der Waals surface area contributed by atoms with Crippen molar-refractivity contribution in [3.05, 3.63) is 24.0 Å². The number of hydrogen-bond acceptors (Lipinski definition) is 2. The van der Waals surface area contributed by atoms with Crippen LogP contribution in [0.1, 0.15) is 30.4 Å². The molecule has 0 N–H and O–H groups in total. The van der Waals surface area contributed by atoms with Crippen LogP contribution >= 0.6 is 0 Å². The molecule has 1 aromatic rings. The summed E-state index contributed by atoms with van der Waals surface area (Å²) in [4.78, 5) is 10.6. The third-order valence-electron chi connectivity index (χ3n) is 1.97. The minimum absolute atomic E-state index is 0.218. The maximum atomic E-state index is 10.6. The topological polar surface area (TPSA) is 31.2 Å². The lowest BCUT2D eigenvalue weighted by atomic mass is 10.3. The smallest absolute Gasteiger partial charge is 0.166 e. The Morgan fingerprint density at radius 1 is 1.69 bits per heavy atom. The molecule has 3 heteroatoms. The molecule has 0 fully saturated rings. The first-order valence-corrected chi connectivity index (χ1v) is 4.49. The Balaban J connectivity index is 2.64. The van der Waals surface area contributed by atoms with E-state index in [4.69, 9.17) is 4.74 Å². The number of carbonyl (C=O) groups is 1. The van der Waals surface area contributed by atoms with E-state index in [2.05, 4.69) is 0 Å². The fourth-order valence-electron chi connectivity index (χ4n) is 1.28. The molecule has 0 saturated carbocycles. The van der Waals surface area contributed by atoms with Crippen LogP contribution in [0.3, 0.4) is 0 Å². The van der Waals surface area contributed by atoms with Gasteiger partial charge in [-0.2, -0.15) is 0 Å². The Hall–Kier alpha value is -1.09. The number of aromatic nitrogens is 1. The summed E-state index contributed by atoms with van der Waals surface area (Å²) < 4.78 is 7.20. The molecule has 1 aromatic heterocycles. The molecule has 0 aliphatic rings. The number of aldehydes is 1. The van der Waals surface area contributed by atoms with Gasteiger partial charge < -0.3 is 9.30 Å². The van der Waals surface area contributed by atoms with Crippen molar-refractivity contribution >= 4 is 6.29 Å². The van der Waals surface area contributed by atoms with Gasteiger partial charge in [-0.3, -0.25) is 4.79 Å². The quantitative estimate of drug-likeness (QED) is 0.649. The van der Waals surface area contributed by atoms with Gasteiger partial charge in [0, 0.05) is 12.8 Å². The zero-order chi connectivity index (χ0) is 9.68. The molecule has 1 heterocycles. The van der Waals surface area contributed by atoms with Crippen molar-refractivity contribution in [3.8, 4) is 0 Å². The second-order valence-electron chi connectivity index (χ2n) is 2.97. The molecule has 1 atom stereocenters. The van der Waals surface area contributed by atoms with Gasteiger partial charge in [-0.25, -0.2) is 0 Å². The molecular formula is C10H15NO2. The van der Waals surface area contributed by atoms with Crippen molar-refractivity contribution in [1.82, 2.24) is 4.57 Å². The largest absolute Gasteiger partial charge is 0.380 e. The van der Waals surface area contributed by atoms with E-state index in [1.807, 2.05) is 30.7 Å². The number of nitrogens with zero attached hydrogens (tertiary/aromatic N) is 1. The van der Waals surface area contributed by atoms with Crippen molar-refractivity contribution < 1.29 is 9.53 Å². The summed E-state index contributed by atoms with van der Waals surface area (Å²) in [5.41, 5.74) is 0.701. The first-order valence-electron chi connectivity index (χ1n) is 4.49. The number of carbonyl (C=O) groups excluding carboxylic acids is 1. The zero-order valence-electron chi connectivity index (χ0n) is 8.06. The van der Waals surface area contributed by atoms with E-state index < -0.39 is 0 Å². The molecule has 0 saturated heterocycles. The van der Waals surface area contributed by atoms with Gasteiger partial charge in [0.1, 0.15) is 0 Å². The van der Waals surface area contributed by atoms with Gasteiger partial charge in [-0.05, 0) is 26.0 Å². The van der Waals surface area contributed by atoms with E-state index in [-0.39, 0.29) is 6.04 Å². The van der Waals surface area contributed by atoms with Crippen LogP contribution in [0.5, 0.6) is 0 Å². The average molecular weight is 181 g/mol. The fraction of sp³-hybridized carbons (Fsp3) is 0.500. The predicted octanol–water partition coefficient (Wildman–Crippen LogP) is 1.90. The van der Waals surface area contributed by atoms with Crippen LogP contribution in [-0.2, 0) is 4.74 Å². The van der Waals surface area contributed by atoms with E-state index in [9.17, 15) is 4.79 Å². The Morgan fingerprint density at radius 2 is 2.46 bits per heavy atom. The first kappa shape index (κ1) is 9.99. The highest BCUT2D eigenvalue weighted by atomic mass is 16.5.